The van der Waals surface area contributed by atoms with E-state index in [2.05, 4.69) is 12.8 Å². The summed E-state index contributed by atoms with van der Waals surface area (Å²) in [6.07, 6.45) is 19.7. The molecule has 0 nitrogen and oxygen atoms in total. The fourth-order valence-electron chi connectivity index (χ4n) is 3.00. The number of hydrogen-bond donors (Lipinski definition) is 0. The van der Waals surface area contributed by atoms with Crippen molar-refractivity contribution in [2.24, 2.45) is 11.8 Å². The molecular weight excluding hydrogens is 168 g/mol. The Kier molecular flexibility index (Phi) is 4.34. The summed E-state index contributed by atoms with van der Waals surface area (Å²) in [6, 6.07) is 0. The standard InChI is InChI=1S/C14H24/c1-3-7-13(8-4-1)11-12-14-9-5-2-6-10-14/h7,9,13-14H,1-6,8,10-12H2. The van der Waals surface area contributed by atoms with Gasteiger partial charge in [-0.05, 0) is 50.4 Å². The predicted molar refractivity (Wildman–Crippen MR) is 61.8 cm³/mol. The van der Waals surface area contributed by atoms with Crippen LogP contribution >= 0.6 is 0 Å². The summed E-state index contributed by atoms with van der Waals surface area (Å²) < 4.78 is 0. The van der Waals surface area contributed by atoms with E-state index < -0.39 is 0 Å². The van der Waals surface area contributed by atoms with Crippen LogP contribution in [0.25, 0.3) is 0 Å². The van der Waals surface area contributed by atoms with Crippen molar-refractivity contribution in [3.05, 3.63) is 12.8 Å². The van der Waals surface area contributed by atoms with E-state index >= 15 is 0 Å². The first-order chi connectivity index (χ1) is 6.95. The summed E-state index contributed by atoms with van der Waals surface area (Å²) in [5.74, 6) is 1.94. The summed E-state index contributed by atoms with van der Waals surface area (Å²) in [6.45, 7) is 0. The van der Waals surface area contributed by atoms with Crippen molar-refractivity contribution in [2.75, 3.05) is 0 Å². The molecule has 0 amide bonds. The highest BCUT2D eigenvalue weighted by Crippen LogP contribution is 2.32. The summed E-state index contributed by atoms with van der Waals surface area (Å²) in [5.41, 5.74) is 0. The minimum Gasteiger partial charge on any atom is -0.0530 e. The first-order valence-electron chi connectivity index (χ1n) is 6.62. The molecule has 0 bridgehead atoms. The first kappa shape index (κ1) is 10.5. The van der Waals surface area contributed by atoms with Crippen molar-refractivity contribution in [3.63, 3.8) is 0 Å². The van der Waals surface area contributed by atoms with Crippen LogP contribution in [0.15, 0.2) is 0 Å². The lowest BCUT2D eigenvalue weighted by Gasteiger charge is -2.25. The van der Waals surface area contributed by atoms with Gasteiger partial charge in [0.1, 0.15) is 0 Å². The molecule has 0 aromatic heterocycles. The molecule has 2 radical (unpaired) electrons. The van der Waals surface area contributed by atoms with Crippen LogP contribution in [-0.4, -0.2) is 0 Å². The monoisotopic (exact) mass is 192 g/mol. The molecular formula is C14H24. The maximum atomic E-state index is 2.59. The lowest BCUT2D eigenvalue weighted by molar-refractivity contribution is 0.350. The molecule has 0 aromatic carbocycles. The Bertz CT molecular complexity index is 120. The molecule has 80 valence electrons. The normalized spacial score (nSPS) is 26.6. The van der Waals surface area contributed by atoms with E-state index in [4.69, 9.17) is 0 Å². The van der Waals surface area contributed by atoms with Gasteiger partial charge in [0.25, 0.3) is 0 Å². The second-order valence-corrected chi connectivity index (χ2v) is 5.14. The van der Waals surface area contributed by atoms with Gasteiger partial charge in [0.2, 0.25) is 0 Å². The minimum absolute atomic E-state index is 0.971. The maximum absolute atomic E-state index is 2.59. The quantitative estimate of drug-likeness (QED) is 0.615. The molecule has 2 unspecified atom stereocenters. The van der Waals surface area contributed by atoms with Gasteiger partial charge in [-0.25, -0.2) is 0 Å². The van der Waals surface area contributed by atoms with Gasteiger partial charge in [0, 0.05) is 0 Å². The van der Waals surface area contributed by atoms with Crippen LogP contribution < -0.4 is 0 Å². The molecule has 0 saturated heterocycles. The van der Waals surface area contributed by atoms with Crippen molar-refractivity contribution in [3.8, 4) is 0 Å². The molecule has 2 aliphatic rings. The maximum Gasteiger partial charge on any atom is -0.0355 e. The Hall–Kier alpha value is 0. The largest absolute Gasteiger partial charge is 0.0530 e. The van der Waals surface area contributed by atoms with E-state index in [0.717, 1.165) is 11.8 Å². The third-order valence-corrected chi connectivity index (χ3v) is 3.97. The Morgan fingerprint density at radius 3 is 1.57 bits per heavy atom. The smallest absolute Gasteiger partial charge is 0.0355 e. The van der Waals surface area contributed by atoms with Crippen molar-refractivity contribution in [1.29, 1.82) is 0 Å². The molecule has 2 fully saturated rings. The predicted octanol–water partition coefficient (Wildman–Crippen LogP) is 4.56. The molecule has 0 heterocycles. The molecule has 2 rings (SSSR count). The van der Waals surface area contributed by atoms with E-state index in [1.165, 1.54) is 64.2 Å². The van der Waals surface area contributed by atoms with E-state index in [1.54, 1.807) is 0 Å². The molecule has 0 aliphatic heterocycles. The molecule has 0 aromatic rings. The van der Waals surface area contributed by atoms with E-state index in [9.17, 15) is 0 Å². The Morgan fingerprint density at radius 2 is 1.21 bits per heavy atom. The molecule has 14 heavy (non-hydrogen) atoms. The third-order valence-electron chi connectivity index (χ3n) is 3.97. The fraction of sp³-hybridized carbons (Fsp3) is 0.857. The number of hydrogen-bond acceptors (Lipinski definition) is 0. The van der Waals surface area contributed by atoms with Gasteiger partial charge in [-0.3, -0.25) is 0 Å². The van der Waals surface area contributed by atoms with Crippen LogP contribution in [0.4, 0.5) is 0 Å². The summed E-state index contributed by atoms with van der Waals surface area (Å²) in [5, 5.41) is 0. The summed E-state index contributed by atoms with van der Waals surface area (Å²) >= 11 is 0. The van der Waals surface area contributed by atoms with Crippen LogP contribution in [0.2, 0.25) is 0 Å². The SMILES string of the molecule is [CH]1CCCCC1CCC1[CH]CCCC1. The molecule has 2 atom stereocenters. The van der Waals surface area contributed by atoms with Crippen molar-refractivity contribution in [1.82, 2.24) is 0 Å². The van der Waals surface area contributed by atoms with Gasteiger partial charge in [0.15, 0.2) is 0 Å². The second kappa shape index (κ2) is 5.78. The number of rotatable bonds is 3. The van der Waals surface area contributed by atoms with Crippen LogP contribution in [-0.2, 0) is 0 Å². The zero-order valence-electron chi connectivity index (χ0n) is 9.38. The Balaban J connectivity index is 1.60. The zero-order chi connectivity index (χ0) is 9.64. The highest BCUT2D eigenvalue weighted by molar-refractivity contribution is 4.85. The Labute approximate surface area is 89.5 Å². The van der Waals surface area contributed by atoms with Gasteiger partial charge in [0.05, 0.1) is 0 Å². The third kappa shape index (κ3) is 3.29. The summed E-state index contributed by atoms with van der Waals surface area (Å²) in [7, 11) is 0. The van der Waals surface area contributed by atoms with Crippen molar-refractivity contribution < 1.29 is 0 Å². The topological polar surface area (TPSA) is 0 Å². The average molecular weight is 192 g/mol. The van der Waals surface area contributed by atoms with Crippen LogP contribution in [0.5, 0.6) is 0 Å². The van der Waals surface area contributed by atoms with Gasteiger partial charge in [-0.15, -0.1) is 0 Å². The summed E-state index contributed by atoms with van der Waals surface area (Å²) in [4.78, 5) is 0. The molecule has 0 heteroatoms. The van der Waals surface area contributed by atoms with Gasteiger partial charge >= 0.3 is 0 Å². The van der Waals surface area contributed by atoms with Gasteiger partial charge in [-0.1, -0.05) is 38.5 Å². The van der Waals surface area contributed by atoms with Gasteiger partial charge in [-0.2, -0.15) is 0 Å². The highest BCUT2D eigenvalue weighted by Gasteiger charge is 2.18. The second-order valence-electron chi connectivity index (χ2n) is 5.14. The van der Waals surface area contributed by atoms with E-state index in [1.807, 2.05) is 0 Å². The van der Waals surface area contributed by atoms with Crippen LogP contribution in [0, 0.1) is 24.7 Å². The van der Waals surface area contributed by atoms with Crippen molar-refractivity contribution >= 4 is 0 Å². The highest BCUT2D eigenvalue weighted by atomic mass is 14.2. The van der Waals surface area contributed by atoms with Gasteiger partial charge < -0.3 is 0 Å². The molecule has 0 spiro atoms. The first-order valence-corrected chi connectivity index (χ1v) is 6.62. The molecule has 2 saturated carbocycles. The Morgan fingerprint density at radius 1 is 0.714 bits per heavy atom. The fourth-order valence-corrected chi connectivity index (χ4v) is 3.00. The lowest BCUT2D eigenvalue weighted by atomic mass is 9.80. The van der Waals surface area contributed by atoms with Crippen LogP contribution in [0.3, 0.4) is 0 Å². The minimum atomic E-state index is 0.971. The average Bonchev–Trinajstić information content (AvgIpc) is 2.29. The zero-order valence-corrected chi connectivity index (χ0v) is 9.38. The van der Waals surface area contributed by atoms with E-state index in [-0.39, 0.29) is 0 Å². The van der Waals surface area contributed by atoms with Crippen molar-refractivity contribution in [2.45, 2.75) is 64.2 Å². The van der Waals surface area contributed by atoms with Crippen LogP contribution in [0.1, 0.15) is 64.2 Å². The lowest BCUT2D eigenvalue weighted by Crippen LogP contribution is -2.12. The molecule has 2 aliphatic carbocycles. The van der Waals surface area contributed by atoms with E-state index in [0.29, 0.717) is 0 Å². The molecule has 0 N–H and O–H groups in total.